The first-order valence-corrected chi connectivity index (χ1v) is 9.68. The van der Waals surface area contributed by atoms with Crippen LogP contribution in [0.15, 0.2) is 59.5 Å². The highest BCUT2D eigenvalue weighted by molar-refractivity contribution is 7.92. The molecule has 26 heavy (non-hydrogen) atoms. The van der Waals surface area contributed by atoms with E-state index >= 15 is 0 Å². The minimum Gasteiger partial charge on any atom is -0.378 e. The number of amides is 1. The average molecular weight is 375 g/mol. The van der Waals surface area contributed by atoms with Gasteiger partial charge < -0.3 is 15.4 Å². The fourth-order valence-corrected chi connectivity index (χ4v) is 3.87. The summed E-state index contributed by atoms with van der Waals surface area (Å²) < 4.78 is 32.2. The van der Waals surface area contributed by atoms with E-state index in [0.29, 0.717) is 31.1 Å². The average Bonchev–Trinajstić information content (AvgIpc) is 2.69. The number of carbonyl (C=O) groups excluding carboxylic acids is 1. The van der Waals surface area contributed by atoms with Gasteiger partial charge in [-0.3, -0.25) is 9.10 Å². The summed E-state index contributed by atoms with van der Waals surface area (Å²) in [4.78, 5) is 12.4. The maximum Gasteiger partial charge on any atom is 0.264 e. The van der Waals surface area contributed by atoms with Crippen LogP contribution < -0.4 is 14.9 Å². The van der Waals surface area contributed by atoms with Crippen molar-refractivity contribution in [2.75, 3.05) is 36.4 Å². The normalized spacial score (nSPS) is 17.5. The van der Waals surface area contributed by atoms with Gasteiger partial charge in [0.2, 0.25) is 5.91 Å². The molecule has 2 aromatic rings. The molecule has 1 saturated heterocycles. The second-order valence-corrected chi connectivity index (χ2v) is 7.88. The Bertz CT molecular complexity index is 865. The molecule has 3 rings (SSSR count). The molecular weight excluding hydrogens is 354 g/mol. The molecule has 0 saturated carbocycles. The third kappa shape index (κ3) is 4.04. The monoisotopic (exact) mass is 375 g/mol. The topological polar surface area (TPSA) is 87.7 Å². The van der Waals surface area contributed by atoms with E-state index in [0.717, 1.165) is 0 Å². The maximum atomic E-state index is 12.9. The zero-order valence-electron chi connectivity index (χ0n) is 14.4. The molecule has 8 heteroatoms. The van der Waals surface area contributed by atoms with Gasteiger partial charge in [-0.15, -0.1) is 0 Å². The predicted molar refractivity (Wildman–Crippen MR) is 99.7 cm³/mol. The van der Waals surface area contributed by atoms with Crippen LogP contribution in [-0.4, -0.2) is 47.2 Å². The third-order valence-electron chi connectivity index (χ3n) is 4.12. The van der Waals surface area contributed by atoms with E-state index in [-0.39, 0.29) is 10.8 Å². The van der Waals surface area contributed by atoms with Gasteiger partial charge in [-0.1, -0.05) is 24.3 Å². The van der Waals surface area contributed by atoms with Crippen molar-refractivity contribution in [1.29, 1.82) is 0 Å². The van der Waals surface area contributed by atoms with Crippen molar-refractivity contribution in [3.05, 3.63) is 54.6 Å². The molecule has 1 heterocycles. The molecule has 1 unspecified atom stereocenters. The van der Waals surface area contributed by atoms with Crippen molar-refractivity contribution in [3.8, 4) is 0 Å². The number of hydrogen-bond acceptors (Lipinski definition) is 5. The first-order valence-electron chi connectivity index (χ1n) is 8.24. The number of nitrogens with zero attached hydrogens (tertiary/aromatic N) is 1. The van der Waals surface area contributed by atoms with Crippen LogP contribution in [0.4, 0.5) is 11.4 Å². The minimum absolute atomic E-state index is 0.106. The van der Waals surface area contributed by atoms with E-state index in [2.05, 4.69) is 10.6 Å². The van der Waals surface area contributed by atoms with E-state index in [9.17, 15) is 13.2 Å². The predicted octanol–water partition coefficient (Wildman–Crippen LogP) is 1.44. The molecule has 0 radical (unpaired) electrons. The molecule has 1 amide bonds. The van der Waals surface area contributed by atoms with Crippen molar-refractivity contribution < 1.29 is 17.9 Å². The largest absolute Gasteiger partial charge is 0.378 e. The van der Waals surface area contributed by atoms with Crippen molar-refractivity contribution in [1.82, 2.24) is 5.32 Å². The fraction of sp³-hybridized carbons (Fsp3) is 0.278. The first-order chi connectivity index (χ1) is 12.5. The Hall–Kier alpha value is -2.42. The zero-order chi connectivity index (χ0) is 18.6. The quantitative estimate of drug-likeness (QED) is 0.826. The van der Waals surface area contributed by atoms with Crippen LogP contribution >= 0.6 is 0 Å². The molecule has 0 spiro atoms. The van der Waals surface area contributed by atoms with E-state index in [1.54, 1.807) is 36.4 Å². The Labute approximate surface area is 153 Å². The highest BCUT2D eigenvalue weighted by atomic mass is 32.2. The van der Waals surface area contributed by atoms with Gasteiger partial charge >= 0.3 is 0 Å². The number of hydrogen-bond donors (Lipinski definition) is 2. The van der Waals surface area contributed by atoms with Gasteiger partial charge in [0.05, 0.1) is 23.8 Å². The molecule has 7 nitrogen and oxygen atoms in total. The van der Waals surface area contributed by atoms with Crippen molar-refractivity contribution in [2.45, 2.75) is 10.9 Å². The number of benzene rings is 2. The van der Waals surface area contributed by atoms with Gasteiger partial charge in [0.1, 0.15) is 6.04 Å². The maximum absolute atomic E-state index is 12.9. The molecule has 0 aromatic heterocycles. The highest BCUT2D eigenvalue weighted by Gasteiger charge is 2.24. The summed E-state index contributed by atoms with van der Waals surface area (Å²) in [6.45, 7) is 1.47. The molecule has 1 aliphatic rings. The van der Waals surface area contributed by atoms with Gasteiger partial charge in [-0.05, 0) is 30.3 Å². The molecule has 2 aromatic carbocycles. The fourth-order valence-electron chi connectivity index (χ4n) is 2.63. The van der Waals surface area contributed by atoms with Crippen LogP contribution in [0.25, 0.3) is 0 Å². The Kier molecular flexibility index (Phi) is 5.55. The molecule has 1 atom stereocenters. The van der Waals surface area contributed by atoms with E-state index in [1.807, 2.05) is 6.07 Å². The van der Waals surface area contributed by atoms with Crippen molar-refractivity contribution >= 4 is 27.3 Å². The van der Waals surface area contributed by atoms with E-state index in [4.69, 9.17) is 4.74 Å². The summed E-state index contributed by atoms with van der Waals surface area (Å²) in [5.74, 6) is -0.254. The number of carbonyl (C=O) groups is 1. The lowest BCUT2D eigenvalue weighted by Crippen LogP contribution is -2.48. The number of para-hydroxylation sites is 1. The van der Waals surface area contributed by atoms with Gasteiger partial charge in [0.25, 0.3) is 10.0 Å². The molecule has 138 valence electrons. The van der Waals surface area contributed by atoms with Crippen molar-refractivity contribution in [2.24, 2.45) is 0 Å². The van der Waals surface area contributed by atoms with Crippen LogP contribution in [0.3, 0.4) is 0 Å². The van der Waals surface area contributed by atoms with Crippen LogP contribution in [0, 0.1) is 0 Å². The number of sulfonamides is 1. The van der Waals surface area contributed by atoms with Gasteiger partial charge in [0.15, 0.2) is 0 Å². The highest BCUT2D eigenvalue weighted by Crippen LogP contribution is 2.23. The van der Waals surface area contributed by atoms with Crippen LogP contribution in [-0.2, 0) is 19.6 Å². The number of nitrogens with one attached hydrogen (secondary N) is 2. The van der Waals surface area contributed by atoms with Crippen LogP contribution in [0.5, 0.6) is 0 Å². The SMILES string of the molecule is CN(c1ccccc1)S(=O)(=O)c1cccc(NC(=O)C2COCCN2)c1. The second kappa shape index (κ2) is 7.86. The Morgan fingerprint density at radius 3 is 2.65 bits per heavy atom. The molecule has 0 bridgehead atoms. The standard InChI is InChI=1S/C18H21N3O4S/c1-21(15-7-3-2-4-8-15)26(23,24)16-9-5-6-14(12-16)20-18(22)17-13-25-11-10-19-17/h2-9,12,17,19H,10-11,13H2,1H3,(H,20,22). The number of morpholine rings is 1. The lowest BCUT2D eigenvalue weighted by Gasteiger charge is -2.23. The van der Waals surface area contributed by atoms with Gasteiger partial charge in [0, 0.05) is 19.3 Å². The summed E-state index contributed by atoms with van der Waals surface area (Å²) in [6.07, 6.45) is 0. The Morgan fingerprint density at radius 2 is 1.96 bits per heavy atom. The smallest absolute Gasteiger partial charge is 0.264 e. The molecule has 0 aliphatic carbocycles. The van der Waals surface area contributed by atoms with Crippen molar-refractivity contribution in [3.63, 3.8) is 0 Å². The van der Waals surface area contributed by atoms with Crippen LogP contribution in [0.2, 0.25) is 0 Å². The third-order valence-corrected chi connectivity index (χ3v) is 5.90. The van der Waals surface area contributed by atoms with E-state index < -0.39 is 16.1 Å². The molecule has 1 aliphatic heterocycles. The summed E-state index contributed by atoms with van der Waals surface area (Å²) in [5.41, 5.74) is 0.982. The lowest BCUT2D eigenvalue weighted by molar-refractivity contribution is -0.120. The summed E-state index contributed by atoms with van der Waals surface area (Å²) in [6, 6.07) is 14.6. The summed E-state index contributed by atoms with van der Waals surface area (Å²) >= 11 is 0. The number of rotatable bonds is 5. The molecular formula is C18H21N3O4S. The summed E-state index contributed by atoms with van der Waals surface area (Å²) in [7, 11) is -2.23. The first kappa shape index (κ1) is 18.4. The number of anilines is 2. The molecule has 1 fully saturated rings. The van der Waals surface area contributed by atoms with Crippen LogP contribution in [0.1, 0.15) is 0 Å². The second-order valence-electron chi connectivity index (χ2n) is 5.91. The molecule has 2 N–H and O–H groups in total. The Morgan fingerprint density at radius 1 is 1.19 bits per heavy atom. The minimum atomic E-state index is -3.73. The zero-order valence-corrected chi connectivity index (χ0v) is 15.2. The lowest BCUT2D eigenvalue weighted by atomic mass is 10.2. The summed E-state index contributed by atoms with van der Waals surface area (Å²) in [5, 5.41) is 5.80. The van der Waals surface area contributed by atoms with Gasteiger partial charge in [-0.2, -0.15) is 0 Å². The van der Waals surface area contributed by atoms with Gasteiger partial charge in [-0.25, -0.2) is 8.42 Å². The Balaban J connectivity index is 1.79. The van der Waals surface area contributed by atoms with E-state index in [1.165, 1.54) is 23.5 Å². The number of ether oxygens (including phenoxy) is 1.